The Labute approximate surface area is 148 Å². The molecule has 0 aliphatic heterocycles. The average Bonchev–Trinajstić information content (AvgIpc) is 2.86. The van der Waals surface area contributed by atoms with Crippen LogP contribution in [0, 0.1) is 11.3 Å². The molecule has 1 aliphatic rings. The van der Waals surface area contributed by atoms with Crippen molar-refractivity contribution in [1.82, 2.24) is 4.98 Å². The van der Waals surface area contributed by atoms with E-state index in [0.29, 0.717) is 18.0 Å². The monoisotopic (exact) mass is 337 g/mol. The van der Waals surface area contributed by atoms with Crippen molar-refractivity contribution in [2.24, 2.45) is 0 Å². The SMILES string of the molecule is COCc1cc(-c2c(C#N)c(N)nc3c2CCCCC3)ccc1OC. The van der Waals surface area contributed by atoms with Gasteiger partial charge >= 0.3 is 0 Å². The van der Waals surface area contributed by atoms with Gasteiger partial charge < -0.3 is 15.2 Å². The minimum atomic E-state index is 0.322. The van der Waals surface area contributed by atoms with Gasteiger partial charge in [-0.2, -0.15) is 5.26 Å². The van der Waals surface area contributed by atoms with Crippen molar-refractivity contribution in [3.8, 4) is 22.9 Å². The number of anilines is 1. The van der Waals surface area contributed by atoms with Gasteiger partial charge in [0.05, 0.1) is 13.7 Å². The molecule has 0 radical (unpaired) electrons. The van der Waals surface area contributed by atoms with E-state index in [-0.39, 0.29) is 0 Å². The third kappa shape index (κ3) is 3.31. The molecule has 5 heteroatoms. The Hall–Kier alpha value is -2.58. The molecule has 25 heavy (non-hydrogen) atoms. The standard InChI is InChI=1S/C20H23N3O2/c1-24-12-14-10-13(8-9-18(14)25-2)19-15-6-4-3-5-7-17(15)23-20(22)16(19)11-21/h8-10H,3-7,12H2,1-2H3,(H2,22,23). The average molecular weight is 337 g/mol. The Morgan fingerprint density at radius 1 is 1.20 bits per heavy atom. The van der Waals surface area contributed by atoms with Crippen LogP contribution in [0.25, 0.3) is 11.1 Å². The van der Waals surface area contributed by atoms with Crippen LogP contribution in [0.2, 0.25) is 0 Å². The van der Waals surface area contributed by atoms with Crippen LogP contribution in [0.5, 0.6) is 5.75 Å². The highest BCUT2D eigenvalue weighted by Crippen LogP contribution is 2.37. The largest absolute Gasteiger partial charge is 0.496 e. The molecule has 0 atom stereocenters. The third-order valence-electron chi connectivity index (χ3n) is 4.73. The van der Waals surface area contributed by atoms with E-state index in [9.17, 15) is 5.26 Å². The summed E-state index contributed by atoms with van der Waals surface area (Å²) < 4.78 is 10.7. The first-order chi connectivity index (χ1) is 12.2. The predicted molar refractivity (Wildman–Crippen MR) is 97.3 cm³/mol. The Balaban J connectivity index is 2.24. The maximum absolute atomic E-state index is 9.69. The van der Waals surface area contributed by atoms with Crippen LogP contribution in [0.1, 0.15) is 41.6 Å². The number of fused-ring (bicyclic) bond motifs is 1. The molecule has 1 aliphatic carbocycles. The minimum Gasteiger partial charge on any atom is -0.496 e. The second-order valence-electron chi connectivity index (χ2n) is 6.30. The fourth-order valence-electron chi connectivity index (χ4n) is 3.57. The van der Waals surface area contributed by atoms with Gasteiger partial charge in [-0.3, -0.25) is 0 Å². The first-order valence-electron chi connectivity index (χ1n) is 8.57. The Morgan fingerprint density at radius 2 is 2.00 bits per heavy atom. The number of nitriles is 1. The molecule has 0 spiro atoms. The second kappa shape index (κ2) is 7.54. The summed E-state index contributed by atoms with van der Waals surface area (Å²) in [7, 11) is 3.30. The van der Waals surface area contributed by atoms with Crippen molar-refractivity contribution in [3.05, 3.63) is 40.6 Å². The van der Waals surface area contributed by atoms with Crippen molar-refractivity contribution < 1.29 is 9.47 Å². The second-order valence-corrected chi connectivity index (χ2v) is 6.30. The van der Waals surface area contributed by atoms with Gasteiger partial charge in [0, 0.05) is 23.9 Å². The summed E-state index contributed by atoms with van der Waals surface area (Å²) in [5.74, 6) is 1.10. The predicted octanol–water partition coefficient (Wildman–Crippen LogP) is 3.63. The molecule has 0 amide bonds. The summed E-state index contributed by atoms with van der Waals surface area (Å²) in [5, 5.41) is 9.69. The van der Waals surface area contributed by atoms with Gasteiger partial charge in [-0.05, 0) is 48.9 Å². The highest BCUT2D eigenvalue weighted by molar-refractivity contribution is 5.80. The lowest BCUT2D eigenvalue weighted by molar-refractivity contribution is 0.181. The van der Waals surface area contributed by atoms with Gasteiger partial charge in [-0.15, -0.1) is 0 Å². The van der Waals surface area contributed by atoms with E-state index in [0.717, 1.165) is 59.4 Å². The molecule has 2 N–H and O–H groups in total. The summed E-state index contributed by atoms with van der Waals surface area (Å²) in [5.41, 5.74) is 11.6. The van der Waals surface area contributed by atoms with Gasteiger partial charge in [0.15, 0.2) is 0 Å². The normalized spacial score (nSPS) is 13.6. The molecular formula is C20H23N3O2. The molecule has 0 saturated carbocycles. The maximum Gasteiger partial charge on any atom is 0.142 e. The van der Waals surface area contributed by atoms with Crippen molar-refractivity contribution in [3.63, 3.8) is 0 Å². The number of rotatable bonds is 4. The van der Waals surface area contributed by atoms with Crippen LogP contribution in [-0.4, -0.2) is 19.2 Å². The molecule has 1 aromatic carbocycles. The molecule has 130 valence electrons. The number of aromatic nitrogens is 1. The maximum atomic E-state index is 9.69. The van der Waals surface area contributed by atoms with Crippen LogP contribution in [0.4, 0.5) is 5.82 Å². The van der Waals surface area contributed by atoms with Crippen molar-refractivity contribution >= 4 is 5.82 Å². The van der Waals surface area contributed by atoms with E-state index in [1.807, 2.05) is 18.2 Å². The number of hydrogen-bond acceptors (Lipinski definition) is 5. The lowest BCUT2D eigenvalue weighted by Crippen LogP contribution is -2.07. The smallest absolute Gasteiger partial charge is 0.142 e. The quantitative estimate of drug-likeness (QED) is 0.862. The molecule has 5 nitrogen and oxygen atoms in total. The van der Waals surface area contributed by atoms with Crippen LogP contribution in [0.15, 0.2) is 18.2 Å². The fraction of sp³-hybridized carbons (Fsp3) is 0.400. The van der Waals surface area contributed by atoms with Crippen molar-refractivity contribution in [2.75, 3.05) is 20.0 Å². The number of hydrogen-bond donors (Lipinski definition) is 1. The van der Waals surface area contributed by atoms with Gasteiger partial charge in [0.2, 0.25) is 0 Å². The van der Waals surface area contributed by atoms with Crippen LogP contribution >= 0.6 is 0 Å². The summed E-state index contributed by atoms with van der Waals surface area (Å²) >= 11 is 0. The molecule has 1 heterocycles. The molecule has 0 bridgehead atoms. The zero-order valence-corrected chi connectivity index (χ0v) is 14.8. The Kier molecular flexibility index (Phi) is 5.20. The van der Waals surface area contributed by atoms with Crippen LogP contribution in [0.3, 0.4) is 0 Å². The van der Waals surface area contributed by atoms with Crippen molar-refractivity contribution in [1.29, 1.82) is 5.26 Å². The highest BCUT2D eigenvalue weighted by Gasteiger charge is 2.21. The Morgan fingerprint density at radius 3 is 2.72 bits per heavy atom. The van der Waals surface area contributed by atoms with E-state index in [1.165, 1.54) is 6.42 Å². The van der Waals surface area contributed by atoms with E-state index in [2.05, 4.69) is 11.1 Å². The van der Waals surface area contributed by atoms with Crippen LogP contribution in [-0.2, 0) is 24.2 Å². The molecule has 0 saturated heterocycles. The highest BCUT2D eigenvalue weighted by atomic mass is 16.5. The summed E-state index contributed by atoms with van der Waals surface area (Å²) in [4.78, 5) is 4.53. The number of nitrogens with two attached hydrogens (primary N) is 1. The topological polar surface area (TPSA) is 81.2 Å². The Bertz CT molecular complexity index is 825. The van der Waals surface area contributed by atoms with E-state index < -0.39 is 0 Å². The summed E-state index contributed by atoms with van der Waals surface area (Å²) in [6.07, 6.45) is 5.24. The van der Waals surface area contributed by atoms with Crippen molar-refractivity contribution in [2.45, 2.75) is 38.7 Å². The molecule has 0 unspecified atom stereocenters. The van der Waals surface area contributed by atoms with Gasteiger partial charge in [-0.25, -0.2) is 4.98 Å². The third-order valence-corrected chi connectivity index (χ3v) is 4.73. The lowest BCUT2D eigenvalue weighted by atomic mass is 9.91. The number of aryl methyl sites for hydroxylation is 1. The molecule has 2 aromatic rings. The molecule has 3 rings (SSSR count). The number of ether oxygens (including phenoxy) is 2. The zero-order valence-electron chi connectivity index (χ0n) is 14.8. The van der Waals surface area contributed by atoms with E-state index >= 15 is 0 Å². The lowest BCUT2D eigenvalue weighted by Gasteiger charge is -2.17. The van der Waals surface area contributed by atoms with Gasteiger partial charge in [0.25, 0.3) is 0 Å². The first kappa shape index (κ1) is 17.2. The fourth-order valence-corrected chi connectivity index (χ4v) is 3.57. The minimum absolute atomic E-state index is 0.322. The first-order valence-corrected chi connectivity index (χ1v) is 8.57. The number of pyridine rings is 1. The van der Waals surface area contributed by atoms with E-state index in [1.54, 1.807) is 14.2 Å². The molecule has 0 fully saturated rings. The summed E-state index contributed by atoms with van der Waals surface area (Å²) in [6.45, 7) is 0.446. The van der Waals surface area contributed by atoms with Gasteiger partial charge in [0.1, 0.15) is 23.2 Å². The zero-order chi connectivity index (χ0) is 17.8. The van der Waals surface area contributed by atoms with Gasteiger partial charge in [-0.1, -0.05) is 12.5 Å². The van der Waals surface area contributed by atoms with E-state index in [4.69, 9.17) is 15.2 Å². The summed E-state index contributed by atoms with van der Waals surface area (Å²) in [6, 6.07) is 8.20. The number of benzene rings is 1. The van der Waals surface area contributed by atoms with Crippen LogP contribution < -0.4 is 10.5 Å². The molecular weight excluding hydrogens is 314 g/mol. The number of nitrogens with zero attached hydrogens (tertiary/aromatic N) is 2. The number of methoxy groups -OCH3 is 2. The number of nitrogen functional groups attached to an aromatic ring is 1. The molecule has 1 aromatic heterocycles.